The second-order valence-corrected chi connectivity index (χ2v) is 7.54. The minimum Gasteiger partial charge on any atom is -0.396 e. The van der Waals surface area contributed by atoms with Crippen LogP contribution in [0, 0.1) is 0 Å². The van der Waals surface area contributed by atoms with Crippen LogP contribution in [0.25, 0.3) is 0 Å². The van der Waals surface area contributed by atoms with Crippen molar-refractivity contribution in [3.05, 3.63) is 18.2 Å². The summed E-state index contributed by atoms with van der Waals surface area (Å²) in [5.41, 5.74) is 7.15. The number of ether oxygens (including phenoxy) is 2. The lowest BCUT2D eigenvalue weighted by Gasteiger charge is -2.39. The molecule has 0 amide bonds. The number of hydrogen-bond donors (Lipinski definition) is 1. The van der Waals surface area contributed by atoms with Crippen LogP contribution in [-0.2, 0) is 19.3 Å². The van der Waals surface area contributed by atoms with Crippen molar-refractivity contribution in [2.45, 2.75) is 23.5 Å². The third kappa shape index (κ3) is 2.73. The average Bonchev–Trinajstić information content (AvgIpc) is 2.87. The number of hydrogen-bond acceptors (Lipinski definition) is 6. The molecule has 0 aliphatic carbocycles. The van der Waals surface area contributed by atoms with Gasteiger partial charge >= 0.3 is 0 Å². The van der Waals surface area contributed by atoms with Crippen LogP contribution in [0.4, 0.5) is 11.4 Å². The first-order chi connectivity index (χ1) is 9.91. The molecule has 116 valence electrons. The summed E-state index contributed by atoms with van der Waals surface area (Å²) in [7, 11) is -3.32. The summed E-state index contributed by atoms with van der Waals surface area (Å²) in [4.78, 5) is 2.29. The van der Waals surface area contributed by atoms with E-state index in [2.05, 4.69) is 4.90 Å². The quantitative estimate of drug-likeness (QED) is 0.821. The van der Waals surface area contributed by atoms with Gasteiger partial charge in [-0.3, -0.25) is 0 Å². The molecule has 1 aromatic rings. The van der Waals surface area contributed by atoms with Gasteiger partial charge in [0.1, 0.15) is 0 Å². The van der Waals surface area contributed by atoms with Crippen molar-refractivity contribution in [2.24, 2.45) is 0 Å². The molecule has 0 atom stereocenters. The Morgan fingerprint density at radius 3 is 2.38 bits per heavy atom. The van der Waals surface area contributed by atoms with Crippen molar-refractivity contribution in [1.82, 2.24) is 0 Å². The van der Waals surface area contributed by atoms with Crippen molar-refractivity contribution < 1.29 is 17.9 Å². The predicted molar refractivity (Wildman–Crippen MR) is 80.0 cm³/mol. The Morgan fingerprint density at radius 1 is 1.19 bits per heavy atom. The standard InChI is InChI=1S/C14H20N2O4S/c1-21(17,18)12-4-2-3-11(13(12)15)16-7-5-14(6-8-16)19-9-10-20-14/h2-4H,5-10,15H2,1H3. The Kier molecular flexibility index (Phi) is 3.59. The third-order valence-electron chi connectivity index (χ3n) is 4.12. The molecular weight excluding hydrogens is 292 g/mol. The van der Waals surface area contributed by atoms with Crippen LogP contribution in [0.3, 0.4) is 0 Å². The van der Waals surface area contributed by atoms with Crippen LogP contribution in [0.5, 0.6) is 0 Å². The molecule has 2 aliphatic rings. The Balaban J connectivity index is 1.83. The number of para-hydroxylation sites is 1. The summed E-state index contributed by atoms with van der Waals surface area (Å²) in [5.74, 6) is -0.445. The van der Waals surface area contributed by atoms with Gasteiger partial charge in [-0.2, -0.15) is 0 Å². The van der Waals surface area contributed by atoms with Gasteiger partial charge in [0.2, 0.25) is 0 Å². The van der Waals surface area contributed by atoms with E-state index in [9.17, 15) is 8.42 Å². The van der Waals surface area contributed by atoms with E-state index in [0.29, 0.717) is 18.9 Å². The Morgan fingerprint density at radius 2 is 1.81 bits per heavy atom. The maximum absolute atomic E-state index is 11.8. The number of rotatable bonds is 2. The fraction of sp³-hybridized carbons (Fsp3) is 0.571. The zero-order valence-corrected chi connectivity index (χ0v) is 12.9. The number of nitrogen functional groups attached to an aromatic ring is 1. The highest BCUT2D eigenvalue weighted by atomic mass is 32.2. The normalized spacial score (nSPS) is 21.9. The molecule has 1 spiro atoms. The van der Waals surface area contributed by atoms with Crippen LogP contribution in [-0.4, -0.2) is 46.8 Å². The number of nitrogens with two attached hydrogens (primary N) is 1. The van der Waals surface area contributed by atoms with Crippen molar-refractivity contribution in [2.75, 3.05) is 43.2 Å². The molecule has 2 N–H and O–H groups in total. The van der Waals surface area contributed by atoms with Crippen molar-refractivity contribution >= 4 is 21.2 Å². The van der Waals surface area contributed by atoms with Gasteiger partial charge < -0.3 is 20.1 Å². The topological polar surface area (TPSA) is 81.9 Å². The van der Waals surface area contributed by atoms with Gasteiger partial charge in [0.15, 0.2) is 15.6 Å². The molecule has 0 bridgehead atoms. The smallest absolute Gasteiger partial charge is 0.177 e. The summed E-state index contributed by atoms with van der Waals surface area (Å²) in [6.07, 6.45) is 2.69. The van der Waals surface area contributed by atoms with E-state index in [1.54, 1.807) is 12.1 Å². The Hall–Kier alpha value is -1.31. The first-order valence-electron chi connectivity index (χ1n) is 7.03. The highest BCUT2D eigenvalue weighted by molar-refractivity contribution is 7.90. The van der Waals surface area contributed by atoms with E-state index in [-0.39, 0.29) is 4.90 Å². The van der Waals surface area contributed by atoms with E-state index >= 15 is 0 Å². The largest absolute Gasteiger partial charge is 0.396 e. The van der Waals surface area contributed by atoms with Crippen LogP contribution < -0.4 is 10.6 Å². The molecule has 2 saturated heterocycles. The van der Waals surface area contributed by atoms with Gasteiger partial charge in [0.25, 0.3) is 0 Å². The van der Waals surface area contributed by atoms with E-state index in [4.69, 9.17) is 15.2 Å². The van der Waals surface area contributed by atoms with Crippen molar-refractivity contribution in [3.63, 3.8) is 0 Å². The van der Waals surface area contributed by atoms with Crippen molar-refractivity contribution in [1.29, 1.82) is 0 Å². The maximum atomic E-state index is 11.8. The molecule has 7 heteroatoms. The maximum Gasteiger partial charge on any atom is 0.177 e. The zero-order valence-electron chi connectivity index (χ0n) is 12.0. The summed E-state index contributed by atoms with van der Waals surface area (Å²) in [5, 5.41) is 0. The summed E-state index contributed by atoms with van der Waals surface area (Å²) in [6.45, 7) is 2.76. The number of piperidine rings is 1. The molecule has 3 rings (SSSR count). The first kappa shape index (κ1) is 14.6. The predicted octanol–water partition coefficient (Wildman–Crippen LogP) is 1.02. The van der Waals surface area contributed by atoms with Gasteiger partial charge in [-0.05, 0) is 12.1 Å². The van der Waals surface area contributed by atoms with Gasteiger partial charge in [-0.25, -0.2) is 8.42 Å². The van der Waals surface area contributed by atoms with Crippen molar-refractivity contribution in [3.8, 4) is 0 Å². The van der Waals surface area contributed by atoms with E-state index in [1.165, 1.54) is 6.26 Å². The number of sulfone groups is 1. The summed E-state index contributed by atoms with van der Waals surface area (Å²) < 4.78 is 34.9. The Labute approximate surface area is 124 Å². The van der Waals surface area contributed by atoms with E-state index < -0.39 is 15.6 Å². The number of benzene rings is 1. The first-order valence-corrected chi connectivity index (χ1v) is 8.92. The third-order valence-corrected chi connectivity index (χ3v) is 5.28. The SMILES string of the molecule is CS(=O)(=O)c1cccc(N2CCC3(CC2)OCCO3)c1N. The molecule has 0 radical (unpaired) electrons. The molecule has 0 aromatic heterocycles. The summed E-state index contributed by atoms with van der Waals surface area (Å²) in [6, 6.07) is 5.14. The van der Waals surface area contributed by atoms with Gasteiger partial charge in [0.05, 0.1) is 29.5 Å². The molecule has 6 nitrogen and oxygen atoms in total. The van der Waals surface area contributed by atoms with Gasteiger partial charge in [-0.1, -0.05) is 6.07 Å². The van der Waals surface area contributed by atoms with Crippen LogP contribution in [0.2, 0.25) is 0 Å². The van der Waals surface area contributed by atoms with Gasteiger partial charge in [0, 0.05) is 32.2 Å². The second-order valence-electron chi connectivity index (χ2n) is 5.56. The number of nitrogens with zero attached hydrogens (tertiary/aromatic N) is 1. The number of anilines is 2. The van der Waals surface area contributed by atoms with Gasteiger partial charge in [-0.15, -0.1) is 0 Å². The minimum atomic E-state index is -3.32. The lowest BCUT2D eigenvalue weighted by Crippen LogP contribution is -2.45. The molecule has 2 fully saturated rings. The average molecular weight is 312 g/mol. The Bertz CT molecular complexity index is 628. The van der Waals surface area contributed by atoms with Crippen LogP contribution in [0.15, 0.2) is 23.1 Å². The fourth-order valence-electron chi connectivity index (χ4n) is 3.01. The highest BCUT2D eigenvalue weighted by Gasteiger charge is 2.40. The molecule has 2 heterocycles. The summed E-state index contributed by atoms with van der Waals surface area (Å²) >= 11 is 0. The fourth-order valence-corrected chi connectivity index (χ4v) is 3.84. The molecule has 2 aliphatic heterocycles. The van der Waals surface area contributed by atoms with Crippen LogP contribution >= 0.6 is 0 Å². The van der Waals surface area contributed by atoms with Crippen LogP contribution in [0.1, 0.15) is 12.8 Å². The second kappa shape index (κ2) is 5.15. The van der Waals surface area contributed by atoms with E-state index in [1.807, 2.05) is 6.07 Å². The monoisotopic (exact) mass is 312 g/mol. The highest BCUT2D eigenvalue weighted by Crippen LogP contribution is 2.36. The molecule has 21 heavy (non-hydrogen) atoms. The molecule has 0 unspecified atom stereocenters. The molecular formula is C14H20N2O4S. The minimum absolute atomic E-state index is 0.189. The molecule has 1 aromatic carbocycles. The zero-order chi connectivity index (χ0) is 15.1. The lowest BCUT2D eigenvalue weighted by atomic mass is 10.0. The lowest BCUT2D eigenvalue weighted by molar-refractivity contribution is -0.169. The molecule has 0 saturated carbocycles. The van der Waals surface area contributed by atoms with E-state index in [0.717, 1.165) is 31.6 Å².